The van der Waals surface area contributed by atoms with Crippen molar-refractivity contribution in [3.8, 4) is 23.5 Å². The van der Waals surface area contributed by atoms with Crippen molar-refractivity contribution in [2.24, 2.45) is 0 Å². The zero-order valence-corrected chi connectivity index (χ0v) is 15.8. The van der Waals surface area contributed by atoms with Crippen LogP contribution in [0.5, 0.6) is 5.75 Å². The number of rotatable bonds is 5. The zero-order valence-electron chi connectivity index (χ0n) is 15.8. The molecule has 3 aromatic rings. The molecule has 1 fully saturated rings. The number of furan rings is 1. The number of aromatic nitrogens is 1. The summed E-state index contributed by atoms with van der Waals surface area (Å²) in [4.78, 5) is 6.31. The van der Waals surface area contributed by atoms with E-state index >= 15 is 0 Å². The summed E-state index contributed by atoms with van der Waals surface area (Å²) in [6.07, 6.45) is 0.100. The zero-order chi connectivity index (χ0) is 19.5. The number of ether oxygens (including phenoxy) is 2. The Kier molecular flexibility index (Phi) is 5.04. The van der Waals surface area contributed by atoms with Crippen LogP contribution in [-0.4, -0.2) is 30.3 Å². The standard InChI is InChI=1S/C21H21N3O4/c1-14-11-24(12-15(2)26-14)21-18(10-22)23-20(28-21)19-9-8-17(27-19)13-25-16-6-4-3-5-7-16/h3-9,14-15H,11-13H2,1-2H3/t14-,15-/m0/s1. The molecule has 0 bridgehead atoms. The van der Waals surface area contributed by atoms with E-state index in [1.165, 1.54) is 0 Å². The summed E-state index contributed by atoms with van der Waals surface area (Å²) < 4.78 is 23.1. The summed E-state index contributed by atoms with van der Waals surface area (Å²) in [5.74, 6) is 2.61. The molecule has 1 aliphatic heterocycles. The number of anilines is 1. The van der Waals surface area contributed by atoms with Gasteiger partial charge in [-0.3, -0.25) is 0 Å². The van der Waals surface area contributed by atoms with Gasteiger partial charge in [-0.15, -0.1) is 0 Å². The van der Waals surface area contributed by atoms with Crippen molar-refractivity contribution in [2.75, 3.05) is 18.0 Å². The molecule has 2 aromatic heterocycles. The van der Waals surface area contributed by atoms with Gasteiger partial charge in [0, 0.05) is 13.1 Å². The SMILES string of the molecule is C[C@H]1CN(c2oc(-c3ccc(COc4ccccc4)o3)nc2C#N)C[C@H](C)O1. The second kappa shape index (κ2) is 7.79. The summed E-state index contributed by atoms with van der Waals surface area (Å²) >= 11 is 0. The maximum atomic E-state index is 9.48. The van der Waals surface area contributed by atoms with Crippen LogP contribution in [0.4, 0.5) is 5.88 Å². The second-order valence-corrected chi connectivity index (χ2v) is 6.81. The van der Waals surface area contributed by atoms with Crippen LogP contribution in [0.15, 0.2) is 51.3 Å². The molecule has 0 unspecified atom stereocenters. The molecule has 0 spiro atoms. The predicted molar refractivity (Wildman–Crippen MR) is 102 cm³/mol. The molecule has 7 heteroatoms. The molecule has 0 radical (unpaired) electrons. The van der Waals surface area contributed by atoms with E-state index in [9.17, 15) is 5.26 Å². The second-order valence-electron chi connectivity index (χ2n) is 6.81. The minimum absolute atomic E-state index is 0.0502. The first-order valence-electron chi connectivity index (χ1n) is 9.20. The van der Waals surface area contributed by atoms with Crippen molar-refractivity contribution in [1.29, 1.82) is 5.26 Å². The Bertz CT molecular complexity index is 963. The molecule has 0 N–H and O–H groups in total. The molecule has 4 rings (SSSR count). The van der Waals surface area contributed by atoms with Gasteiger partial charge < -0.3 is 23.2 Å². The van der Waals surface area contributed by atoms with Crippen molar-refractivity contribution in [3.63, 3.8) is 0 Å². The molecular weight excluding hydrogens is 358 g/mol. The Morgan fingerprint density at radius 2 is 1.86 bits per heavy atom. The van der Waals surface area contributed by atoms with Crippen LogP contribution in [0.3, 0.4) is 0 Å². The molecule has 1 aliphatic rings. The predicted octanol–water partition coefficient (Wildman–Crippen LogP) is 4.00. The highest BCUT2D eigenvalue weighted by Crippen LogP contribution is 2.31. The number of morpholine rings is 1. The normalized spacial score (nSPS) is 19.4. The summed E-state index contributed by atoms with van der Waals surface area (Å²) in [5, 5.41) is 9.48. The molecule has 3 heterocycles. The maximum Gasteiger partial charge on any atom is 0.266 e. The third-order valence-electron chi connectivity index (χ3n) is 4.42. The third kappa shape index (κ3) is 3.87. The van der Waals surface area contributed by atoms with Crippen LogP contribution in [0, 0.1) is 11.3 Å². The first-order chi connectivity index (χ1) is 13.6. The fraction of sp³-hybridized carbons (Fsp3) is 0.333. The first kappa shape index (κ1) is 18.1. The number of benzene rings is 1. The van der Waals surface area contributed by atoms with E-state index < -0.39 is 0 Å². The lowest BCUT2D eigenvalue weighted by Gasteiger charge is -2.34. The number of hydrogen-bond acceptors (Lipinski definition) is 7. The van der Waals surface area contributed by atoms with Gasteiger partial charge in [0.15, 0.2) is 5.76 Å². The molecule has 28 heavy (non-hydrogen) atoms. The molecular formula is C21H21N3O4. The van der Waals surface area contributed by atoms with E-state index in [2.05, 4.69) is 11.1 Å². The summed E-state index contributed by atoms with van der Waals surface area (Å²) in [6, 6.07) is 15.2. The molecule has 7 nitrogen and oxygen atoms in total. The van der Waals surface area contributed by atoms with Crippen LogP contribution in [0.2, 0.25) is 0 Å². The van der Waals surface area contributed by atoms with E-state index in [0.29, 0.717) is 37.1 Å². The summed E-state index contributed by atoms with van der Waals surface area (Å²) in [5.41, 5.74) is 0.245. The van der Waals surface area contributed by atoms with Crippen molar-refractivity contribution >= 4 is 5.88 Å². The molecule has 0 saturated carbocycles. The van der Waals surface area contributed by atoms with Crippen LogP contribution in [0.1, 0.15) is 25.3 Å². The van der Waals surface area contributed by atoms with Gasteiger partial charge >= 0.3 is 0 Å². The van der Waals surface area contributed by atoms with Gasteiger partial charge in [0.05, 0.1) is 12.2 Å². The minimum Gasteiger partial charge on any atom is -0.486 e. The third-order valence-corrected chi connectivity index (χ3v) is 4.42. The van der Waals surface area contributed by atoms with Crippen molar-refractivity contribution in [3.05, 3.63) is 53.9 Å². The molecule has 144 valence electrons. The van der Waals surface area contributed by atoms with E-state index in [4.69, 9.17) is 18.3 Å². The highest BCUT2D eigenvalue weighted by Gasteiger charge is 2.28. The lowest BCUT2D eigenvalue weighted by molar-refractivity contribution is -0.00639. The van der Waals surface area contributed by atoms with Gasteiger partial charge in [0.25, 0.3) is 5.89 Å². The van der Waals surface area contributed by atoms with Crippen molar-refractivity contribution < 1.29 is 18.3 Å². The Morgan fingerprint density at radius 3 is 2.57 bits per heavy atom. The summed E-state index contributed by atoms with van der Waals surface area (Å²) in [6.45, 7) is 5.57. The monoisotopic (exact) mass is 379 g/mol. The lowest BCUT2D eigenvalue weighted by Crippen LogP contribution is -2.45. The van der Waals surface area contributed by atoms with Gasteiger partial charge in [0.1, 0.15) is 24.2 Å². The van der Waals surface area contributed by atoms with Crippen LogP contribution in [0.25, 0.3) is 11.7 Å². The van der Waals surface area contributed by atoms with Crippen molar-refractivity contribution in [1.82, 2.24) is 4.98 Å². The molecule has 1 aromatic carbocycles. The van der Waals surface area contributed by atoms with Gasteiger partial charge in [-0.1, -0.05) is 18.2 Å². The molecule has 2 atom stereocenters. The molecule has 1 saturated heterocycles. The van der Waals surface area contributed by atoms with Crippen LogP contribution in [-0.2, 0) is 11.3 Å². The minimum atomic E-state index is 0.0502. The first-order valence-corrected chi connectivity index (χ1v) is 9.20. The summed E-state index contributed by atoms with van der Waals surface area (Å²) in [7, 11) is 0. The molecule has 0 aliphatic carbocycles. The van der Waals surface area contributed by atoms with E-state index in [1.54, 1.807) is 6.07 Å². The van der Waals surface area contributed by atoms with Crippen molar-refractivity contribution in [2.45, 2.75) is 32.7 Å². The average Bonchev–Trinajstić information content (AvgIpc) is 3.33. The lowest BCUT2D eigenvalue weighted by atomic mass is 10.2. The Labute approximate surface area is 163 Å². The van der Waals surface area contributed by atoms with E-state index in [-0.39, 0.29) is 23.8 Å². The Hall–Kier alpha value is -3.24. The fourth-order valence-corrected chi connectivity index (χ4v) is 3.29. The van der Waals surface area contributed by atoms with Crippen LogP contribution >= 0.6 is 0 Å². The fourth-order valence-electron chi connectivity index (χ4n) is 3.29. The van der Waals surface area contributed by atoms with Gasteiger partial charge in [-0.2, -0.15) is 10.2 Å². The average molecular weight is 379 g/mol. The van der Waals surface area contributed by atoms with Gasteiger partial charge in [-0.05, 0) is 38.1 Å². The number of nitriles is 1. The quantitative estimate of drug-likeness (QED) is 0.662. The topological polar surface area (TPSA) is 84.7 Å². The molecule has 0 amide bonds. The number of oxazole rings is 1. The van der Waals surface area contributed by atoms with E-state index in [0.717, 1.165) is 5.75 Å². The van der Waals surface area contributed by atoms with Gasteiger partial charge in [0.2, 0.25) is 11.6 Å². The van der Waals surface area contributed by atoms with Gasteiger partial charge in [-0.25, -0.2) is 0 Å². The number of para-hydroxylation sites is 1. The Morgan fingerprint density at radius 1 is 1.11 bits per heavy atom. The smallest absolute Gasteiger partial charge is 0.266 e. The highest BCUT2D eigenvalue weighted by atomic mass is 16.5. The highest BCUT2D eigenvalue weighted by molar-refractivity contribution is 5.56. The Balaban J connectivity index is 1.51. The maximum absolute atomic E-state index is 9.48. The largest absolute Gasteiger partial charge is 0.486 e. The van der Waals surface area contributed by atoms with E-state index in [1.807, 2.05) is 55.1 Å². The number of hydrogen-bond donors (Lipinski definition) is 0. The number of nitrogens with zero attached hydrogens (tertiary/aromatic N) is 3. The van der Waals surface area contributed by atoms with Crippen LogP contribution < -0.4 is 9.64 Å².